The molecular weight excluding hydrogens is 484 g/mol. The minimum absolute atomic E-state index is 0.188. The van der Waals surface area contributed by atoms with Crippen LogP contribution in [0.3, 0.4) is 0 Å². The van der Waals surface area contributed by atoms with Gasteiger partial charge >= 0.3 is 0 Å². The molecule has 1 aromatic carbocycles. The molecule has 210 valence electrons. The van der Waals surface area contributed by atoms with E-state index in [-0.39, 0.29) is 25.0 Å². The van der Waals surface area contributed by atoms with Crippen LogP contribution >= 0.6 is 0 Å². The van der Waals surface area contributed by atoms with Crippen LogP contribution in [0.15, 0.2) is 30.5 Å². The van der Waals surface area contributed by atoms with Crippen molar-refractivity contribution in [2.45, 2.75) is 96.1 Å². The highest BCUT2D eigenvalue weighted by molar-refractivity contribution is 6.21. The van der Waals surface area contributed by atoms with Crippen molar-refractivity contribution in [3.63, 3.8) is 0 Å². The molecule has 0 spiro atoms. The zero-order valence-corrected chi connectivity index (χ0v) is 22.6. The molecular formula is C29H44N4O5. The van der Waals surface area contributed by atoms with E-state index in [1.165, 1.54) is 49.8 Å². The Morgan fingerprint density at radius 1 is 0.789 bits per heavy atom. The lowest BCUT2D eigenvalue weighted by atomic mass is 10.1. The van der Waals surface area contributed by atoms with Gasteiger partial charge in [0.05, 0.1) is 30.0 Å². The third-order valence-corrected chi connectivity index (χ3v) is 6.98. The Morgan fingerprint density at radius 2 is 1.37 bits per heavy atom. The van der Waals surface area contributed by atoms with Crippen LogP contribution < -0.4 is 0 Å². The molecule has 0 aliphatic carbocycles. The van der Waals surface area contributed by atoms with Crippen molar-refractivity contribution in [1.29, 1.82) is 0 Å². The van der Waals surface area contributed by atoms with Crippen LogP contribution in [-0.2, 0) is 17.7 Å². The molecule has 1 aliphatic heterocycles. The number of rotatable bonds is 21. The zero-order valence-electron chi connectivity index (χ0n) is 22.6. The fraction of sp³-hybridized carbons (Fsp3) is 0.655. The number of aryl methyl sites for hydroxylation is 2. The summed E-state index contributed by atoms with van der Waals surface area (Å²) in [5.74, 6) is -0.376. The highest BCUT2D eigenvalue weighted by atomic mass is 16.5. The largest absolute Gasteiger partial charge is 0.394 e. The predicted molar refractivity (Wildman–Crippen MR) is 145 cm³/mol. The quantitative estimate of drug-likeness (QED) is 0.184. The van der Waals surface area contributed by atoms with Gasteiger partial charge in [0.25, 0.3) is 11.8 Å². The number of carbonyl (C=O) groups is 2. The summed E-state index contributed by atoms with van der Waals surface area (Å²) in [7, 11) is 0. The molecule has 1 aliphatic rings. The van der Waals surface area contributed by atoms with Gasteiger partial charge in [0.2, 0.25) is 0 Å². The lowest BCUT2D eigenvalue weighted by molar-refractivity contribution is 0.00526. The van der Waals surface area contributed by atoms with Crippen LogP contribution in [0.5, 0.6) is 0 Å². The summed E-state index contributed by atoms with van der Waals surface area (Å²) in [6.07, 6.45) is 15.7. The Morgan fingerprint density at radius 3 is 2.00 bits per heavy atom. The van der Waals surface area contributed by atoms with Crippen molar-refractivity contribution in [2.24, 2.45) is 0 Å². The van der Waals surface area contributed by atoms with E-state index in [1.807, 2.05) is 10.9 Å². The van der Waals surface area contributed by atoms with E-state index >= 15 is 0 Å². The number of carbonyl (C=O) groups excluding carboxylic acids is 2. The van der Waals surface area contributed by atoms with Gasteiger partial charge in [-0.25, -0.2) is 0 Å². The van der Waals surface area contributed by atoms with Crippen molar-refractivity contribution >= 4 is 11.8 Å². The topological polar surface area (TPSA) is 118 Å². The number of unbranched alkanes of at least 4 members (excludes halogenated alkanes) is 10. The van der Waals surface area contributed by atoms with Crippen LogP contribution in [-0.4, -0.2) is 74.4 Å². The maximum atomic E-state index is 12.4. The van der Waals surface area contributed by atoms with Gasteiger partial charge in [-0.1, -0.05) is 68.7 Å². The van der Waals surface area contributed by atoms with Gasteiger partial charge in [-0.05, 0) is 44.2 Å². The van der Waals surface area contributed by atoms with Crippen LogP contribution in [0.4, 0.5) is 0 Å². The molecule has 1 atom stereocenters. The maximum Gasteiger partial charge on any atom is 0.261 e. The number of hydrogen-bond donors (Lipinski definition) is 2. The number of nitrogens with zero attached hydrogens (tertiary/aromatic N) is 4. The van der Waals surface area contributed by atoms with E-state index in [4.69, 9.17) is 9.84 Å². The second-order valence-corrected chi connectivity index (χ2v) is 10.2. The van der Waals surface area contributed by atoms with Crippen molar-refractivity contribution in [2.75, 3.05) is 26.4 Å². The Bertz CT molecular complexity index is 944. The monoisotopic (exact) mass is 528 g/mol. The summed E-state index contributed by atoms with van der Waals surface area (Å²) < 4.78 is 7.24. The van der Waals surface area contributed by atoms with Crippen molar-refractivity contribution in [1.82, 2.24) is 19.9 Å². The highest BCUT2D eigenvalue weighted by Crippen LogP contribution is 2.22. The summed E-state index contributed by atoms with van der Waals surface area (Å²) in [6.45, 7) is 1.96. The van der Waals surface area contributed by atoms with E-state index in [0.29, 0.717) is 24.3 Å². The van der Waals surface area contributed by atoms with Crippen LogP contribution in [0.2, 0.25) is 0 Å². The minimum Gasteiger partial charge on any atom is -0.394 e. The van der Waals surface area contributed by atoms with Gasteiger partial charge in [0.15, 0.2) is 0 Å². The van der Waals surface area contributed by atoms with Gasteiger partial charge in [-0.2, -0.15) is 0 Å². The number of fused-ring (bicyclic) bond motifs is 1. The first-order valence-electron chi connectivity index (χ1n) is 14.3. The molecule has 1 aromatic heterocycles. The number of benzene rings is 1. The van der Waals surface area contributed by atoms with E-state index < -0.39 is 6.10 Å². The molecule has 0 saturated carbocycles. The molecule has 0 radical (unpaired) electrons. The van der Waals surface area contributed by atoms with Crippen molar-refractivity contribution in [3.8, 4) is 0 Å². The second-order valence-electron chi connectivity index (χ2n) is 10.2. The first kappa shape index (κ1) is 29.9. The third-order valence-electron chi connectivity index (χ3n) is 6.98. The Hall–Kier alpha value is -2.62. The average Bonchev–Trinajstić information content (AvgIpc) is 3.48. The van der Waals surface area contributed by atoms with Crippen LogP contribution in [0.25, 0.3) is 0 Å². The van der Waals surface area contributed by atoms with E-state index in [1.54, 1.807) is 24.3 Å². The summed E-state index contributed by atoms with van der Waals surface area (Å²) in [5, 5.41) is 26.4. The molecule has 2 N–H and O–H groups in total. The summed E-state index contributed by atoms with van der Waals surface area (Å²) >= 11 is 0. The number of imide groups is 1. The number of aromatic nitrogens is 3. The molecule has 2 heterocycles. The number of ether oxygens (including phenoxy) is 1. The van der Waals surface area contributed by atoms with Crippen molar-refractivity contribution in [3.05, 3.63) is 47.3 Å². The van der Waals surface area contributed by atoms with E-state index in [9.17, 15) is 14.7 Å². The zero-order chi connectivity index (χ0) is 27.0. The second kappa shape index (κ2) is 17.1. The number of aliphatic hydroxyl groups excluding tert-OH is 2. The first-order chi connectivity index (χ1) is 18.6. The van der Waals surface area contributed by atoms with Gasteiger partial charge in [-0.3, -0.25) is 19.2 Å². The summed E-state index contributed by atoms with van der Waals surface area (Å²) in [5.41, 5.74) is 1.97. The van der Waals surface area contributed by atoms with Gasteiger partial charge in [0.1, 0.15) is 6.10 Å². The molecule has 2 aromatic rings. The Balaban J connectivity index is 1.13. The van der Waals surface area contributed by atoms with Crippen LogP contribution in [0, 0.1) is 0 Å². The Labute approximate surface area is 226 Å². The van der Waals surface area contributed by atoms with E-state index in [0.717, 1.165) is 50.8 Å². The van der Waals surface area contributed by atoms with Crippen LogP contribution in [0.1, 0.15) is 103 Å². The molecule has 3 rings (SSSR count). The van der Waals surface area contributed by atoms with Gasteiger partial charge in [0, 0.05) is 25.9 Å². The number of hydrogen-bond acceptors (Lipinski definition) is 7. The smallest absolute Gasteiger partial charge is 0.261 e. The maximum absolute atomic E-state index is 12.4. The normalized spacial score (nSPS) is 13.9. The fourth-order valence-electron chi connectivity index (χ4n) is 4.74. The summed E-state index contributed by atoms with van der Waals surface area (Å²) in [4.78, 5) is 26.2. The van der Waals surface area contributed by atoms with E-state index in [2.05, 4.69) is 10.3 Å². The highest BCUT2D eigenvalue weighted by Gasteiger charge is 2.34. The molecule has 0 fully saturated rings. The Kier molecular flexibility index (Phi) is 13.4. The summed E-state index contributed by atoms with van der Waals surface area (Å²) in [6, 6.07) is 7.01. The molecule has 0 saturated heterocycles. The minimum atomic E-state index is -0.756. The number of aliphatic hydroxyl groups is 2. The fourth-order valence-corrected chi connectivity index (χ4v) is 4.74. The molecule has 0 bridgehead atoms. The standard InChI is InChI=1S/C29H44N4O5/c34-22-25(35)23-38-20-14-8-6-4-2-1-3-5-7-12-18-32-21-24(30-31-32)15-11-13-19-33-28(36)26-16-9-10-17-27(26)29(33)37/h9-10,16-17,21,25,34-35H,1-8,11-15,18-20,22-23H2. The molecule has 38 heavy (non-hydrogen) atoms. The molecule has 9 nitrogen and oxygen atoms in total. The molecule has 9 heteroatoms. The third kappa shape index (κ3) is 9.93. The lowest BCUT2D eigenvalue weighted by Gasteiger charge is -2.13. The predicted octanol–water partition coefficient (Wildman–Crippen LogP) is 4.17. The SMILES string of the molecule is O=C1c2ccccc2C(=O)N1CCCCc1cn(CCCCCCCCCCCCOCC(O)CO)nn1. The average molecular weight is 529 g/mol. The van der Waals surface area contributed by atoms with Crippen molar-refractivity contribution < 1.29 is 24.5 Å². The molecule has 2 amide bonds. The number of amides is 2. The van der Waals surface area contributed by atoms with Gasteiger partial charge in [-0.15, -0.1) is 5.10 Å². The first-order valence-corrected chi connectivity index (χ1v) is 14.3. The lowest BCUT2D eigenvalue weighted by Crippen LogP contribution is -2.30. The molecule has 1 unspecified atom stereocenters. The van der Waals surface area contributed by atoms with Gasteiger partial charge < -0.3 is 14.9 Å².